The first-order chi connectivity index (χ1) is 5.18. The van der Waals surface area contributed by atoms with E-state index >= 15 is 0 Å². The van der Waals surface area contributed by atoms with Crippen LogP contribution in [0.4, 0.5) is 0 Å². The van der Waals surface area contributed by atoms with Crippen LogP contribution in [-0.2, 0) is 4.79 Å². The lowest BCUT2D eigenvalue weighted by Gasteiger charge is -2.30. The molecule has 0 aliphatic carbocycles. The van der Waals surface area contributed by atoms with Crippen LogP contribution in [-0.4, -0.2) is 43.5 Å². The molecule has 0 saturated carbocycles. The molecule has 1 heterocycles. The fourth-order valence-corrected chi connectivity index (χ4v) is 1.37. The highest BCUT2D eigenvalue weighted by Crippen LogP contribution is 1.98. The highest BCUT2D eigenvalue weighted by atomic mass is 16.1. The molecule has 0 aromatic carbocycles. The second-order valence-corrected chi connectivity index (χ2v) is 3.08. The molecule has 4 heteroatoms. The Hall–Kier alpha value is -0.610. The second-order valence-electron chi connectivity index (χ2n) is 3.08. The summed E-state index contributed by atoms with van der Waals surface area (Å²) < 4.78 is 0. The van der Waals surface area contributed by atoms with E-state index in [9.17, 15) is 4.79 Å². The number of nitrogens with one attached hydrogen (secondary N) is 1. The van der Waals surface area contributed by atoms with Crippen molar-refractivity contribution in [3.8, 4) is 0 Å². The lowest BCUT2D eigenvalue weighted by atomic mass is 10.1. The van der Waals surface area contributed by atoms with Crippen molar-refractivity contribution < 1.29 is 4.79 Å². The van der Waals surface area contributed by atoms with Crippen LogP contribution in [0.25, 0.3) is 0 Å². The first-order valence-corrected chi connectivity index (χ1v) is 3.88. The SMILES string of the molecule is CN1CCN[C@H](CC(N)=O)C1. The van der Waals surface area contributed by atoms with Gasteiger partial charge in [0.2, 0.25) is 5.91 Å². The minimum absolute atomic E-state index is 0.224. The number of nitrogens with two attached hydrogens (primary N) is 1. The second kappa shape index (κ2) is 3.69. The van der Waals surface area contributed by atoms with Crippen LogP contribution in [0.2, 0.25) is 0 Å². The molecule has 11 heavy (non-hydrogen) atoms. The Balaban J connectivity index is 2.28. The Morgan fingerprint density at radius 3 is 3.09 bits per heavy atom. The van der Waals surface area contributed by atoms with Crippen molar-refractivity contribution in [3.05, 3.63) is 0 Å². The molecule has 0 bridgehead atoms. The third-order valence-corrected chi connectivity index (χ3v) is 1.91. The molecular formula is C7H15N3O. The lowest BCUT2D eigenvalue weighted by Crippen LogP contribution is -2.50. The summed E-state index contributed by atoms with van der Waals surface area (Å²) in [6.07, 6.45) is 0.449. The molecule has 1 saturated heterocycles. The molecule has 64 valence electrons. The zero-order valence-corrected chi connectivity index (χ0v) is 6.84. The maximum atomic E-state index is 10.5. The Bertz CT molecular complexity index is 149. The van der Waals surface area contributed by atoms with Crippen molar-refractivity contribution in [1.29, 1.82) is 0 Å². The van der Waals surface area contributed by atoms with E-state index in [1.165, 1.54) is 0 Å². The number of piperazine rings is 1. The number of nitrogens with zero attached hydrogens (tertiary/aromatic N) is 1. The Labute approximate surface area is 66.7 Å². The summed E-state index contributed by atoms with van der Waals surface area (Å²) in [5, 5.41) is 3.24. The van der Waals surface area contributed by atoms with Gasteiger partial charge in [0.1, 0.15) is 0 Å². The topological polar surface area (TPSA) is 58.4 Å². The minimum Gasteiger partial charge on any atom is -0.370 e. The molecule has 1 fully saturated rings. The van der Waals surface area contributed by atoms with E-state index in [0.717, 1.165) is 19.6 Å². The number of carbonyl (C=O) groups excluding carboxylic acids is 1. The zero-order valence-electron chi connectivity index (χ0n) is 6.84. The van der Waals surface area contributed by atoms with Crippen molar-refractivity contribution in [2.75, 3.05) is 26.7 Å². The molecule has 4 nitrogen and oxygen atoms in total. The van der Waals surface area contributed by atoms with Gasteiger partial charge in [-0.25, -0.2) is 0 Å². The van der Waals surface area contributed by atoms with Crippen molar-refractivity contribution in [1.82, 2.24) is 10.2 Å². The normalized spacial score (nSPS) is 26.8. The van der Waals surface area contributed by atoms with Gasteiger partial charge < -0.3 is 16.0 Å². The van der Waals surface area contributed by atoms with Gasteiger partial charge >= 0.3 is 0 Å². The number of likely N-dealkylation sites (N-methyl/N-ethyl adjacent to an activating group) is 1. The van der Waals surface area contributed by atoms with Gasteiger partial charge in [-0.15, -0.1) is 0 Å². The third kappa shape index (κ3) is 2.86. The summed E-state index contributed by atoms with van der Waals surface area (Å²) in [6.45, 7) is 2.92. The smallest absolute Gasteiger partial charge is 0.219 e. The summed E-state index contributed by atoms with van der Waals surface area (Å²) in [5.41, 5.74) is 5.07. The number of hydrogen-bond donors (Lipinski definition) is 2. The predicted octanol–water partition coefficient (Wildman–Crippen LogP) is -1.23. The van der Waals surface area contributed by atoms with Crippen LogP contribution in [0, 0.1) is 0 Å². The van der Waals surface area contributed by atoms with Crippen LogP contribution in [0.5, 0.6) is 0 Å². The molecule has 1 aliphatic rings. The summed E-state index contributed by atoms with van der Waals surface area (Å²) in [6, 6.07) is 0.256. The number of amides is 1. The average molecular weight is 157 g/mol. The molecular weight excluding hydrogens is 142 g/mol. The van der Waals surface area contributed by atoms with E-state index in [-0.39, 0.29) is 11.9 Å². The van der Waals surface area contributed by atoms with Crippen molar-refractivity contribution in [3.63, 3.8) is 0 Å². The van der Waals surface area contributed by atoms with Gasteiger partial charge in [0.15, 0.2) is 0 Å². The molecule has 1 atom stereocenters. The highest BCUT2D eigenvalue weighted by molar-refractivity contribution is 5.74. The van der Waals surface area contributed by atoms with Gasteiger partial charge in [-0.1, -0.05) is 0 Å². The van der Waals surface area contributed by atoms with Gasteiger partial charge in [-0.05, 0) is 7.05 Å². The average Bonchev–Trinajstić information content (AvgIpc) is 1.85. The van der Waals surface area contributed by atoms with E-state index in [2.05, 4.69) is 17.3 Å². The van der Waals surface area contributed by atoms with E-state index in [1.807, 2.05) is 0 Å². The first kappa shape index (κ1) is 8.49. The molecule has 0 radical (unpaired) electrons. The summed E-state index contributed by atoms with van der Waals surface area (Å²) >= 11 is 0. The molecule has 0 spiro atoms. The van der Waals surface area contributed by atoms with Crippen molar-refractivity contribution >= 4 is 5.91 Å². The zero-order chi connectivity index (χ0) is 8.27. The summed E-state index contributed by atoms with van der Waals surface area (Å²) in [5.74, 6) is -0.224. The fraction of sp³-hybridized carbons (Fsp3) is 0.857. The maximum absolute atomic E-state index is 10.5. The molecule has 1 amide bonds. The largest absolute Gasteiger partial charge is 0.370 e. The Morgan fingerprint density at radius 2 is 2.55 bits per heavy atom. The van der Waals surface area contributed by atoms with Crippen LogP contribution in [0.15, 0.2) is 0 Å². The van der Waals surface area contributed by atoms with Crippen LogP contribution in [0.3, 0.4) is 0 Å². The van der Waals surface area contributed by atoms with Crippen molar-refractivity contribution in [2.24, 2.45) is 5.73 Å². The van der Waals surface area contributed by atoms with Gasteiger partial charge in [0.25, 0.3) is 0 Å². The molecule has 1 aliphatic heterocycles. The number of primary amides is 1. The summed E-state index contributed by atoms with van der Waals surface area (Å²) in [7, 11) is 2.05. The predicted molar refractivity (Wildman–Crippen MR) is 43.1 cm³/mol. The van der Waals surface area contributed by atoms with Crippen LogP contribution < -0.4 is 11.1 Å². The molecule has 3 N–H and O–H groups in total. The van der Waals surface area contributed by atoms with Gasteiger partial charge in [-0.2, -0.15) is 0 Å². The third-order valence-electron chi connectivity index (χ3n) is 1.91. The first-order valence-electron chi connectivity index (χ1n) is 3.88. The van der Waals surface area contributed by atoms with Gasteiger partial charge in [-0.3, -0.25) is 4.79 Å². The maximum Gasteiger partial charge on any atom is 0.219 e. The molecule has 0 unspecified atom stereocenters. The van der Waals surface area contributed by atoms with E-state index in [0.29, 0.717) is 6.42 Å². The quantitative estimate of drug-likeness (QED) is 0.527. The number of rotatable bonds is 2. The van der Waals surface area contributed by atoms with E-state index in [1.54, 1.807) is 0 Å². The Morgan fingerprint density at radius 1 is 1.82 bits per heavy atom. The molecule has 0 aromatic heterocycles. The number of hydrogen-bond acceptors (Lipinski definition) is 3. The minimum atomic E-state index is -0.224. The van der Waals surface area contributed by atoms with Crippen molar-refractivity contribution in [2.45, 2.75) is 12.5 Å². The van der Waals surface area contributed by atoms with Crippen LogP contribution in [0.1, 0.15) is 6.42 Å². The highest BCUT2D eigenvalue weighted by Gasteiger charge is 2.17. The van der Waals surface area contributed by atoms with Gasteiger partial charge in [0.05, 0.1) is 0 Å². The monoisotopic (exact) mass is 157 g/mol. The number of carbonyl (C=O) groups is 1. The fourth-order valence-electron chi connectivity index (χ4n) is 1.37. The van der Waals surface area contributed by atoms with E-state index in [4.69, 9.17) is 5.73 Å². The van der Waals surface area contributed by atoms with Gasteiger partial charge in [0, 0.05) is 32.1 Å². The summed E-state index contributed by atoms with van der Waals surface area (Å²) in [4.78, 5) is 12.7. The standard InChI is InChI=1S/C7H15N3O/c1-10-3-2-9-6(5-10)4-7(8)11/h6,9H,2-5H2,1H3,(H2,8,11)/t6-/m1/s1. The lowest BCUT2D eigenvalue weighted by molar-refractivity contribution is -0.118. The van der Waals surface area contributed by atoms with Crippen LogP contribution >= 0.6 is 0 Å². The van der Waals surface area contributed by atoms with E-state index < -0.39 is 0 Å². The molecule has 0 aromatic rings. The Kier molecular flexibility index (Phi) is 2.84. The molecule has 1 rings (SSSR count).